The Kier molecular flexibility index (Phi) is 4.42. The zero-order valence-electron chi connectivity index (χ0n) is 11.4. The Morgan fingerprint density at radius 3 is 2.50 bits per heavy atom. The molecule has 1 fully saturated rings. The van der Waals surface area contributed by atoms with Crippen LogP contribution in [-0.4, -0.2) is 43.3 Å². The van der Waals surface area contributed by atoms with Crippen molar-refractivity contribution in [2.24, 2.45) is 0 Å². The smallest absolute Gasteiger partial charge is 0.254 e. The molecule has 1 aliphatic rings. The predicted octanol–water partition coefficient (Wildman–Crippen LogP) is 1.86. The Hall–Kier alpha value is -1.43. The summed E-state index contributed by atoms with van der Waals surface area (Å²) in [5.41, 5.74) is 0.393. The maximum Gasteiger partial charge on any atom is 0.254 e. The van der Waals surface area contributed by atoms with Crippen LogP contribution >= 0.6 is 0 Å². The quantitative estimate of drug-likeness (QED) is 0.853. The lowest BCUT2D eigenvalue weighted by atomic mass is 10.1. The van der Waals surface area contributed by atoms with Gasteiger partial charge in [0.15, 0.2) is 9.84 Å². The molecule has 1 aromatic rings. The van der Waals surface area contributed by atoms with Gasteiger partial charge in [-0.2, -0.15) is 0 Å². The van der Waals surface area contributed by atoms with Crippen LogP contribution in [0.5, 0.6) is 0 Å². The average Bonchev–Trinajstić information content (AvgIpc) is 2.76. The standard InChI is InChI=1S/C14H18FNO3S/c1-2-8-16(13-7-9-20(18,19)10-13)14(17)11-3-5-12(15)6-4-11/h3-6,13H,2,7-10H2,1H3. The van der Waals surface area contributed by atoms with Crippen LogP contribution in [0.2, 0.25) is 0 Å². The largest absolute Gasteiger partial charge is 0.335 e. The first-order chi connectivity index (χ1) is 9.43. The van der Waals surface area contributed by atoms with E-state index in [4.69, 9.17) is 0 Å². The number of carbonyl (C=O) groups excluding carboxylic acids is 1. The van der Waals surface area contributed by atoms with Crippen molar-refractivity contribution in [3.8, 4) is 0 Å². The van der Waals surface area contributed by atoms with E-state index in [9.17, 15) is 17.6 Å². The van der Waals surface area contributed by atoms with Crippen molar-refractivity contribution in [2.45, 2.75) is 25.8 Å². The van der Waals surface area contributed by atoms with Crippen molar-refractivity contribution in [3.05, 3.63) is 35.6 Å². The number of sulfone groups is 1. The summed E-state index contributed by atoms with van der Waals surface area (Å²) in [6, 6.07) is 5.08. The van der Waals surface area contributed by atoms with Crippen LogP contribution in [0, 0.1) is 5.82 Å². The average molecular weight is 299 g/mol. The Bertz CT molecular complexity index is 583. The highest BCUT2D eigenvalue weighted by Crippen LogP contribution is 2.20. The van der Waals surface area contributed by atoms with Crippen LogP contribution in [0.4, 0.5) is 4.39 Å². The highest BCUT2D eigenvalue weighted by Gasteiger charge is 2.34. The van der Waals surface area contributed by atoms with Gasteiger partial charge in [0.1, 0.15) is 5.82 Å². The second-order valence-corrected chi connectivity index (χ2v) is 7.29. The molecule has 6 heteroatoms. The number of halogens is 1. The fourth-order valence-corrected chi connectivity index (χ4v) is 4.20. The minimum absolute atomic E-state index is 0.0277. The molecule has 2 rings (SSSR count). The Morgan fingerprint density at radius 2 is 2.00 bits per heavy atom. The fraction of sp³-hybridized carbons (Fsp3) is 0.500. The van der Waals surface area contributed by atoms with Gasteiger partial charge in [0.2, 0.25) is 0 Å². The van der Waals surface area contributed by atoms with E-state index in [0.29, 0.717) is 18.5 Å². The normalized spacial score (nSPS) is 20.8. The zero-order chi connectivity index (χ0) is 14.8. The van der Waals surface area contributed by atoms with Crippen LogP contribution in [0.25, 0.3) is 0 Å². The first kappa shape index (κ1) is 15.0. The first-order valence-corrected chi connectivity index (χ1v) is 8.52. The Balaban J connectivity index is 2.20. The number of hydrogen-bond donors (Lipinski definition) is 0. The number of rotatable bonds is 4. The third-order valence-corrected chi connectivity index (χ3v) is 5.22. The molecular weight excluding hydrogens is 281 g/mol. The molecule has 0 bridgehead atoms. The van der Waals surface area contributed by atoms with Crippen LogP contribution in [0.1, 0.15) is 30.1 Å². The van der Waals surface area contributed by atoms with E-state index >= 15 is 0 Å². The topological polar surface area (TPSA) is 54.5 Å². The van der Waals surface area contributed by atoms with E-state index < -0.39 is 15.7 Å². The van der Waals surface area contributed by atoms with Crippen molar-refractivity contribution < 1.29 is 17.6 Å². The lowest BCUT2D eigenvalue weighted by molar-refractivity contribution is 0.0697. The first-order valence-electron chi connectivity index (χ1n) is 6.70. The van der Waals surface area contributed by atoms with Crippen LogP contribution in [0.15, 0.2) is 24.3 Å². The highest BCUT2D eigenvalue weighted by molar-refractivity contribution is 7.91. The van der Waals surface area contributed by atoms with Gasteiger partial charge >= 0.3 is 0 Å². The van der Waals surface area contributed by atoms with Gasteiger partial charge in [0.25, 0.3) is 5.91 Å². The van der Waals surface area contributed by atoms with Crippen molar-refractivity contribution in [3.63, 3.8) is 0 Å². The van der Waals surface area contributed by atoms with Gasteiger partial charge in [0, 0.05) is 18.2 Å². The van der Waals surface area contributed by atoms with Gasteiger partial charge in [0.05, 0.1) is 11.5 Å². The summed E-state index contributed by atoms with van der Waals surface area (Å²) in [5.74, 6) is -0.463. The fourth-order valence-electron chi connectivity index (χ4n) is 2.47. The molecule has 1 saturated heterocycles. The molecule has 0 radical (unpaired) electrons. The predicted molar refractivity (Wildman–Crippen MR) is 74.8 cm³/mol. The Labute approximate surface area is 118 Å². The molecule has 0 spiro atoms. The van der Waals surface area contributed by atoms with Crippen molar-refractivity contribution in [1.29, 1.82) is 0 Å². The summed E-state index contributed by atoms with van der Waals surface area (Å²) in [4.78, 5) is 14.1. The van der Waals surface area contributed by atoms with E-state index in [-0.39, 0.29) is 23.5 Å². The second-order valence-electron chi connectivity index (χ2n) is 5.06. The summed E-state index contributed by atoms with van der Waals surface area (Å²) in [6.45, 7) is 2.45. The molecule has 0 saturated carbocycles. The van der Waals surface area contributed by atoms with E-state index in [1.165, 1.54) is 24.3 Å². The molecular formula is C14H18FNO3S. The molecule has 1 heterocycles. The van der Waals surface area contributed by atoms with E-state index in [2.05, 4.69) is 0 Å². The van der Waals surface area contributed by atoms with Gasteiger partial charge in [-0.1, -0.05) is 6.92 Å². The van der Waals surface area contributed by atoms with Crippen molar-refractivity contribution in [2.75, 3.05) is 18.1 Å². The Morgan fingerprint density at radius 1 is 1.35 bits per heavy atom. The highest BCUT2D eigenvalue weighted by atomic mass is 32.2. The van der Waals surface area contributed by atoms with Gasteiger partial charge in [-0.25, -0.2) is 12.8 Å². The number of hydrogen-bond acceptors (Lipinski definition) is 3. The maximum absolute atomic E-state index is 12.9. The number of nitrogens with zero attached hydrogens (tertiary/aromatic N) is 1. The van der Waals surface area contributed by atoms with E-state index in [0.717, 1.165) is 6.42 Å². The SMILES string of the molecule is CCCN(C(=O)c1ccc(F)cc1)C1CCS(=O)(=O)C1. The molecule has 20 heavy (non-hydrogen) atoms. The van der Waals surface area contributed by atoms with Crippen LogP contribution < -0.4 is 0 Å². The third kappa shape index (κ3) is 3.36. The molecule has 0 N–H and O–H groups in total. The van der Waals surface area contributed by atoms with Gasteiger partial charge < -0.3 is 4.90 Å². The summed E-state index contributed by atoms with van der Waals surface area (Å²) >= 11 is 0. The van der Waals surface area contributed by atoms with E-state index in [1.54, 1.807) is 4.90 Å². The van der Waals surface area contributed by atoms with Crippen LogP contribution in [0.3, 0.4) is 0 Å². The summed E-state index contributed by atoms with van der Waals surface area (Å²) < 4.78 is 36.0. The molecule has 1 unspecified atom stereocenters. The molecule has 110 valence electrons. The van der Waals surface area contributed by atoms with E-state index in [1.807, 2.05) is 6.92 Å². The minimum Gasteiger partial charge on any atom is -0.335 e. The summed E-state index contributed by atoms with van der Waals surface area (Å²) in [6.07, 6.45) is 1.23. The lowest BCUT2D eigenvalue weighted by Crippen LogP contribution is -2.41. The van der Waals surface area contributed by atoms with Gasteiger partial charge in [-0.05, 0) is 37.1 Å². The number of amides is 1. The lowest BCUT2D eigenvalue weighted by Gasteiger charge is -2.28. The van der Waals surface area contributed by atoms with Crippen LogP contribution in [-0.2, 0) is 9.84 Å². The van der Waals surface area contributed by atoms with Crippen molar-refractivity contribution in [1.82, 2.24) is 4.90 Å². The number of benzene rings is 1. The molecule has 0 aromatic heterocycles. The summed E-state index contributed by atoms with van der Waals surface area (Å²) in [7, 11) is -3.04. The van der Waals surface area contributed by atoms with Gasteiger partial charge in [-0.3, -0.25) is 4.79 Å². The summed E-state index contributed by atoms with van der Waals surface area (Å²) in [5, 5.41) is 0. The molecule has 1 atom stereocenters. The second kappa shape index (κ2) is 5.91. The van der Waals surface area contributed by atoms with Gasteiger partial charge in [-0.15, -0.1) is 0 Å². The third-order valence-electron chi connectivity index (χ3n) is 3.47. The monoisotopic (exact) mass is 299 g/mol. The molecule has 4 nitrogen and oxygen atoms in total. The molecule has 1 amide bonds. The van der Waals surface area contributed by atoms with Crippen molar-refractivity contribution >= 4 is 15.7 Å². The molecule has 1 aliphatic heterocycles. The number of carbonyl (C=O) groups is 1. The minimum atomic E-state index is -3.04. The zero-order valence-corrected chi connectivity index (χ0v) is 12.2. The maximum atomic E-state index is 12.9. The molecule has 1 aromatic carbocycles. The molecule has 0 aliphatic carbocycles.